The SMILES string of the molecule is CC(Nc1nc(Nc2ccc(N=Nc3ccc4c(S(=O)(=O)O)cc(S(=O)(=O)O)cc4c3)cc2)nc(Nc2ccc(/N=N\c3cc(S(=O)(=O)O)ccc3S(=O)(=O)O)cc2OCCCS(=O)(=O)O)n1)S(=O)(=O)O. The molecule has 0 aliphatic heterocycles. The Hall–Kier alpha value is -6.77. The van der Waals surface area contributed by atoms with Crippen LogP contribution in [0.15, 0.2) is 131 Å². The molecular weight excluding hydrogens is 1070 g/mol. The Morgan fingerprint density at radius 2 is 1.11 bits per heavy atom. The van der Waals surface area contributed by atoms with E-state index in [1.54, 1.807) is 0 Å². The number of nitrogens with zero attached hydrogens (tertiary/aromatic N) is 7. The summed E-state index contributed by atoms with van der Waals surface area (Å²) in [6, 6.07) is 16.9. The molecule has 0 fully saturated rings. The van der Waals surface area contributed by atoms with E-state index < -0.39 is 103 Å². The molecule has 29 nitrogen and oxygen atoms in total. The van der Waals surface area contributed by atoms with Gasteiger partial charge in [0.2, 0.25) is 17.8 Å². The van der Waals surface area contributed by atoms with Gasteiger partial charge in [-0.3, -0.25) is 27.3 Å². The summed E-state index contributed by atoms with van der Waals surface area (Å²) in [4.78, 5) is 9.31. The van der Waals surface area contributed by atoms with Crippen LogP contribution in [0.4, 0.5) is 52.0 Å². The van der Waals surface area contributed by atoms with Gasteiger partial charge in [-0.05, 0) is 97.6 Å². The molecule has 71 heavy (non-hydrogen) atoms. The molecule has 0 spiro atoms. The number of ether oxygens (including phenoxy) is 1. The summed E-state index contributed by atoms with van der Waals surface area (Å²) in [7, 11) is -28.8. The molecule has 35 heteroatoms. The number of rotatable bonds is 20. The molecule has 0 aliphatic carbocycles. The maximum Gasteiger partial charge on any atom is 0.296 e. The van der Waals surface area contributed by atoms with Crippen molar-refractivity contribution in [1.29, 1.82) is 0 Å². The largest absolute Gasteiger partial charge is 0.491 e. The fourth-order valence-electron chi connectivity index (χ4n) is 5.79. The van der Waals surface area contributed by atoms with Crippen molar-refractivity contribution >= 4 is 123 Å². The fraction of sp³-hybridized carbons (Fsp3) is 0.139. The molecule has 0 saturated heterocycles. The van der Waals surface area contributed by atoms with Crippen molar-refractivity contribution < 1.29 is 82.6 Å². The van der Waals surface area contributed by atoms with E-state index in [0.29, 0.717) is 24.3 Å². The van der Waals surface area contributed by atoms with Crippen LogP contribution in [-0.4, -0.2) is 111 Å². The van der Waals surface area contributed by atoms with E-state index in [0.717, 1.165) is 19.1 Å². The highest BCUT2D eigenvalue weighted by molar-refractivity contribution is 7.87. The molecule has 0 saturated carbocycles. The molecule has 9 N–H and O–H groups in total. The Balaban J connectivity index is 1.30. The van der Waals surface area contributed by atoms with E-state index in [4.69, 9.17) is 4.74 Å². The molecule has 0 aliphatic rings. The molecule has 6 rings (SSSR count). The first-order valence-electron chi connectivity index (χ1n) is 19.1. The van der Waals surface area contributed by atoms with Gasteiger partial charge in [0.25, 0.3) is 60.7 Å². The molecule has 1 heterocycles. The predicted molar refractivity (Wildman–Crippen MR) is 248 cm³/mol. The number of hydrogen-bond donors (Lipinski definition) is 9. The topological polar surface area (TPSA) is 460 Å². The molecule has 1 aromatic heterocycles. The van der Waals surface area contributed by atoms with Gasteiger partial charge in [-0.1, -0.05) is 6.07 Å². The molecule has 378 valence electrons. The van der Waals surface area contributed by atoms with Gasteiger partial charge in [0.15, 0.2) is 5.37 Å². The summed E-state index contributed by atoms with van der Waals surface area (Å²) >= 11 is 0. The van der Waals surface area contributed by atoms with Crippen LogP contribution in [0.3, 0.4) is 0 Å². The maximum atomic E-state index is 12.0. The van der Waals surface area contributed by atoms with Gasteiger partial charge in [-0.2, -0.15) is 80.8 Å². The zero-order valence-electron chi connectivity index (χ0n) is 35.4. The van der Waals surface area contributed by atoms with Crippen LogP contribution >= 0.6 is 0 Å². The zero-order chi connectivity index (χ0) is 52.3. The van der Waals surface area contributed by atoms with Crippen LogP contribution in [0.5, 0.6) is 5.75 Å². The monoisotopic (exact) mass is 1100 g/mol. The Labute approximate surface area is 402 Å². The van der Waals surface area contributed by atoms with E-state index in [9.17, 15) is 77.8 Å². The second-order valence-electron chi connectivity index (χ2n) is 14.3. The van der Waals surface area contributed by atoms with Gasteiger partial charge in [-0.15, -0.1) is 5.11 Å². The summed E-state index contributed by atoms with van der Waals surface area (Å²) in [5, 5.41) is 22.0. The van der Waals surface area contributed by atoms with Crippen molar-refractivity contribution in [3.8, 4) is 5.75 Å². The Morgan fingerprint density at radius 1 is 0.549 bits per heavy atom. The zero-order valence-corrected chi connectivity index (χ0v) is 40.3. The summed E-state index contributed by atoms with van der Waals surface area (Å²) in [6.07, 6.45) is -0.254. The van der Waals surface area contributed by atoms with E-state index in [-0.39, 0.29) is 69.9 Å². The third-order valence-electron chi connectivity index (χ3n) is 9.06. The van der Waals surface area contributed by atoms with E-state index in [2.05, 4.69) is 51.4 Å². The molecule has 1 unspecified atom stereocenters. The molecule has 0 amide bonds. The van der Waals surface area contributed by atoms with Crippen LogP contribution in [-0.2, 0) is 60.7 Å². The number of hydrogen-bond acceptors (Lipinski definition) is 23. The summed E-state index contributed by atoms with van der Waals surface area (Å²) in [5.74, 6) is -1.90. The van der Waals surface area contributed by atoms with E-state index in [1.807, 2.05) is 0 Å². The van der Waals surface area contributed by atoms with Crippen molar-refractivity contribution in [2.24, 2.45) is 20.5 Å². The first kappa shape index (κ1) is 53.6. The highest BCUT2D eigenvalue weighted by Gasteiger charge is 2.23. The summed E-state index contributed by atoms with van der Waals surface area (Å²) < 4.78 is 204. The summed E-state index contributed by atoms with van der Waals surface area (Å²) in [5.41, 5.74) is -0.236. The van der Waals surface area contributed by atoms with Gasteiger partial charge in [-0.25, -0.2) is 0 Å². The minimum atomic E-state index is -5.00. The smallest absolute Gasteiger partial charge is 0.296 e. The van der Waals surface area contributed by atoms with Crippen LogP contribution in [0.25, 0.3) is 10.8 Å². The van der Waals surface area contributed by atoms with Gasteiger partial charge < -0.3 is 20.7 Å². The lowest BCUT2D eigenvalue weighted by Crippen LogP contribution is -2.27. The Morgan fingerprint density at radius 3 is 1.72 bits per heavy atom. The van der Waals surface area contributed by atoms with Crippen molar-refractivity contribution in [2.75, 3.05) is 28.3 Å². The van der Waals surface area contributed by atoms with Gasteiger partial charge >= 0.3 is 0 Å². The normalized spacial score (nSPS) is 13.4. The van der Waals surface area contributed by atoms with Crippen LogP contribution < -0.4 is 20.7 Å². The molecule has 5 aromatic carbocycles. The standard InChI is InChI=1S/C36H34N10O19S6/c1-20(67(50,51)52)37-34-40-35(38-22-3-5-23(6-4-22)43-44-24-7-10-28-21(15-24)16-27(69(56,57)58)19-33(28)71(62,63)64)42-36(41-34)39-29-11-8-25(17-31(29)65-13-2-14-66(47,48)49)45-46-30-18-26(68(53,54)55)9-12-32(30)70(59,60)61/h3-12,15-20H,2,13-14H2,1H3,(H,47,48,49)(H,50,51,52)(H,53,54,55)(H,56,57,58)(H,59,60,61)(H,62,63,64)(H3,37,38,39,40,41,42)/b44-43?,46-45-. The molecule has 0 radical (unpaired) electrons. The molecule has 6 aromatic rings. The van der Waals surface area contributed by atoms with Crippen molar-refractivity contribution in [1.82, 2.24) is 15.0 Å². The van der Waals surface area contributed by atoms with Crippen LogP contribution in [0, 0.1) is 0 Å². The third kappa shape index (κ3) is 14.9. The molecule has 0 bridgehead atoms. The summed E-state index contributed by atoms with van der Waals surface area (Å²) in [6.45, 7) is 0.705. The number of azo groups is 2. The lowest BCUT2D eigenvalue weighted by molar-refractivity contribution is 0.317. The number of benzene rings is 5. The molecular formula is C36H34N10O19S6. The van der Waals surface area contributed by atoms with Gasteiger partial charge in [0.1, 0.15) is 21.2 Å². The minimum Gasteiger partial charge on any atom is -0.491 e. The number of aromatic nitrogens is 3. The number of fused-ring (bicyclic) bond motifs is 1. The highest BCUT2D eigenvalue weighted by Crippen LogP contribution is 2.35. The van der Waals surface area contributed by atoms with Crippen molar-refractivity contribution in [2.45, 2.75) is 38.3 Å². The average molecular weight is 1100 g/mol. The van der Waals surface area contributed by atoms with E-state index in [1.165, 1.54) is 54.6 Å². The number of nitrogens with one attached hydrogen (secondary N) is 3. The highest BCUT2D eigenvalue weighted by atomic mass is 32.2. The van der Waals surface area contributed by atoms with Crippen LogP contribution in [0.2, 0.25) is 0 Å². The second kappa shape index (κ2) is 20.5. The van der Waals surface area contributed by atoms with Crippen LogP contribution in [0.1, 0.15) is 13.3 Å². The van der Waals surface area contributed by atoms with Gasteiger partial charge in [0, 0.05) is 17.1 Å². The quantitative estimate of drug-likeness (QED) is 0.0254. The maximum absolute atomic E-state index is 12.0. The first-order valence-corrected chi connectivity index (χ1v) is 28.0. The number of anilines is 5. The van der Waals surface area contributed by atoms with Crippen molar-refractivity contribution in [3.63, 3.8) is 0 Å². The fourth-order valence-corrected chi connectivity index (χ4v) is 8.99. The van der Waals surface area contributed by atoms with Gasteiger partial charge in [0.05, 0.1) is 44.9 Å². The molecule has 1 atom stereocenters. The minimum absolute atomic E-state index is 0.00685. The predicted octanol–water partition coefficient (Wildman–Crippen LogP) is 5.63. The lowest BCUT2D eigenvalue weighted by Gasteiger charge is -2.16. The lowest BCUT2D eigenvalue weighted by atomic mass is 10.1. The third-order valence-corrected chi connectivity index (χ3v) is 14.4. The second-order valence-corrected chi connectivity index (χ2v) is 23.3. The average Bonchev–Trinajstić information content (AvgIpc) is 3.25. The van der Waals surface area contributed by atoms with E-state index >= 15 is 0 Å². The first-order chi connectivity index (χ1) is 32.8. The Kier molecular flexibility index (Phi) is 15.5. The Bertz CT molecular complexity index is 3830. The van der Waals surface area contributed by atoms with Crippen molar-refractivity contribution in [3.05, 3.63) is 91.0 Å².